The molecule has 0 heterocycles. The Hall–Kier alpha value is -1.78. The molecule has 94 valence electrons. The van der Waals surface area contributed by atoms with Gasteiger partial charge in [-0.3, -0.25) is 4.79 Å². The Morgan fingerprint density at radius 1 is 1.53 bits per heavy atom. The van der Waals surface area contributed by atoms with Crippen LogP contribution >= 0.6 is 0 Å². The monoisotopic (exact) mass is 240 g/mol. The van der Waals surface area contributed by atoms with E-state index in [-0.39, 0.29) is 24.0 Å². The molecule has 0 saturated carbocycles. The molecule has 17 heavy (non-hydrogen) atoms. The van der Waals surface area contributed by atoms with Gasteiger partial charge in [0.25, 0.3) is 5.91 Å². The molecule has 1 rings (SSSR count). The molecule has 0 aromatic heterocycles. The second kappa shape index (κ2) is 6.08. The lowest BCUT2D eigenvalue weighted by Crippen LogP contribution is -2.31. The number of nitrogens with one attached hydrogen (secondary N) is 1. The summed E-state index contributed by atoms with van der Waals surface area (Å²) in [7, 11) is 0. The van der Waals surface area contributed by atoms with Gasteiger partial charge in [-0.25, -0.2) is 4.39 Å². The van der Waals surface area contributed by atoms with E-state index < -0.39 is 5.82 Å². The van der Waals surface area contributed by atoms with Crippen LogP contribution < -0.4 is 15.8 Å². The number of para-hydroxylation sites is 1. The smallest absolute Gasteiger partial charge is 0.257 e. The average molecular weight is 240 g/mol. The minimum Gasteiger partial charge on any atom is -0.479 e. The van der Waals surface area contributed by atoms with Crippen LogP contribution in [0.1, 0.15) is 13.8 Å². The number of halogens is 1. The van der Waals surface area contributed by atoms with E-state index in [9.17, 15) is 9.18 Å². The Kier molecular flexibility index (Phi) is 4.75. The number of amides is 1. The summed E-state index contributed by atoms with van der Waals surface area (Å²) in [6.07, 6.45) is 0. The molecule has 1 aromatic rings. The first kappa shape index (κ1) is 13.3. The largest absolute Gasteiger partial charge is 0.479 e. The van der Waals surface area contributed by atoms with Crippen molar-refractivity contribution in [3.8, 4) is 5.75 Å². The number of ether oxygens (including phenoxy) is 1. The molecule has 0 saturated heterocycles. The van der Waals surface area contributed by atoms with Gasteiger partial charge in [-0.05, 0) is 18.1 Å². The molecular weight excluding hydrogens is 223 g/mol. The summed E-state index contributed by atoms with van der Waals surface area (Å²) < 4.78 is 18.3. The van der Waals surface area contributed by atoms with Gasteiger partial charge in [0.05, 0.1) is 5.69 Å². The second-order valence-corrected chi connectivity index (χ2v) is 4.14. The Morgan fingerprint density at radius 3 is 2.82 bits per heavy atom. The summed E-state index contributed by atoms with van der Waals surface area (Å²) in [5, 5.41) is 2.66. The first-order valence-corrected chi connectivity index (χ1v) is 5.44. The van der Waals surface area contributed by atoms with E-state index in [2.05, 4.69) is 5.32 Å². The third-order valence-electron chi connectivity index (χ3n) is 2.05. The van der Waals surface area contributed by atoms with Crippen LogP contribution in [-0.2, 0) is 4.79 Å². The van der Waals surface area contributed by atoms with Crippen molar-refractivity contribution in [1.82, 2.24) is 5.32 Å². The van der Waals surface area contributed by atoms with Crippen molar-refractivity contribution < 1.29 is 13.9 Å². The summed E-state index contributed by atoms with van der Waals surface area (Å²) in [5.41, 5.74) is 5.72. The van der Waals surface area contributed by atoms with Crippen LogP contribution in [0.25, 0.3) is 0 Å². The van der Waals surface area contributed by atoms with Crippen molar-refractivity contribution in [2.75, 3.05) is 18.9 Å². The zero-order valence-electron chi connectivity index (χ0n) is 10.00. The quantitative estimate of drug-likeness (QED) is 0.768. The van der Waals surface area contributed by atoms with Gasteiger partial charge in [-0.1, -0.05) is 19.9 Å². The standard InChI is InChI=1S/C12H17FN2O2/c1-8(2)6-15-11(16)7-17-12-9(13)4-3-5-10(12)14/h3-5,8H,6-7,14H2,1-2H3,(H,15,16). The highest BCUT2D eigenvalue weighted by Gasteiger charge is 2.09. The molecule has 0 fully saturated rings. The van der Waals surface area contributed by atoms with Crippen LogP contribution in [0.4, 0.5) is 10.1 Å². The zero-order valence-corrected chi connectivity index (χ0v) is 10.00. The number of nitrogen functional groups attached to an aromatic ring is 1. The maximum atomic E-state index is 13.3. The summed E-state index contributed by atoms with van der Waals surface area (Å²) in [6, 6.07) is 4.23. The highest BCUT2D eigenvalue weighted by molar-refractivity contribution is 5.77. The zero-order chi connectivity index (χ0) is 12.8. The van der Waals surface area contributed by atoms with Crippen molar-refractivity contribution in [3.63, 3.8) is 0 Å². The Bertz CT molecular complexity index is 374. The molecular formula is C12H17FN2O2. The van der Waals surface area contributed by atoms with Crippen LogP contribution in [0.2, 0.25) is 0 Å². The van der Waals surface area contributed by atoms with Crippen LogP contribution in [0, 0.1) is 11.7 Å². The van der Waals surface area contributed by atoms with Crippen LogP contribution in [0.15, 0.2) is 18.2 Å². The third kappa shape index (κ3) is 4.30. The Balaban J connectivity index is 2.47. The van der Waals surface area contributed by atoms with Gasteiger partial charge in [0.15, 0.2) is 18.2 Å². The van der Waals surface area contributed by atoms with Crippen molar-refractivity contribution in [1.29, 1.82) is 0 Å². The number of rotatable bonds is 5. The molecule has 1 amide bonds. The van der Waals surface area contributed by atoms with Gasteiger partial charge in [-0.2, -0.15) is 0 Å². The predicted molar refractivity (Wildman–Crippen MR) is 64.2 cm³/mol. The number of hydrogen-bond acceptors (Lipinski definition) is 3. The molecule has 0 bridgehead atoms. The fourth-order valence-corrected chi connectivity index (χ4v) is 1.18. The second-order valence-electron chi connectivity index (χ2n) is 4.14. The maximum Gasteiger partial charge on any atom is 0.257 e. The predicted octanol–water partition coefficient (Wildman–Crippen LogP) is 1.56. The lowest BCUT2D eigenvalue weighted by atomic mass is 10.2. The molecule has 5 heteroatoms. The van der Waals surface area contributed by atoms with Gasteiger partial charge < -0.3 is 15.8 Å². The number of nitrogens with two attached hydrogens (primary N) is 1. The van der Waals surface area contributed by atoms with Crippen molar-refractivity contribution >= 4 is 11.6 Å². The van der Waals surface area contributed by atoms with Gasteiger partial charge in [0.1, 0.15) is 0 Å². The summed E-state index contributed by atoms with van der Waals surface area (Å²) in [4.78, 5) is 11.3. The fraction of sp³-hybridized carbons (Fsp3) is 0.417. The number of carbonyl (C=O) groups excluding carboxylic acids is 1. The Labute approximate surface area is 100.0 Å². The van der Waals surface area contributed by atoms with Crippen LogP contribution in [0.5, 0.6) is 5.75 Å². The SMILES string of the molecule is CC(C)CNC(=O)COc1c(N)cccc1F. The van der Waals surface area contributed by atoms with Gasteiger partial charge in [-0.15, -0.1) is 0 Å². The van der Waals surface area contributed by atoms with Crippen molar-refractivity contribution in [2.45, 2.75) is 13.8 Å². The molecule has 0 spiro atoms. The Morgan fingerprint density at radius 2 is 2.24 bits per heavy atom. The van der Waals surface area contributed by atoms with E-state index in [0.29, 0.717) is 12.5 Å². The third-order valence-corrected chi connectivity index (χ3v) is 2.05. The molecule has 4 nitrogen and oxygen atoms in total. The molecule has 0 aliphatic carbocycles. The van der Waals surface area contributed by atoms with Crippen molar-refractivity contribution in [2.24, 2.45) is 5.92 Å². The first-order chi connectivity index (χ1) is 8.00. The van der Waals surface area contributed by atoms with E-state index in [4.69, 9.17) is 10.5 Å². The normalized spacial score (nSPS) is 10.4. The molecule has 0 unspecified atom stereocenters. The van der Waals surface area contributed by atoms with E-state index >= 15 is 0 Å². The van der Waals surface area contributed by atoms with Gasteiger partial charge in [0, 0.05) is 6.54 Å². The van der Waals surface area contributed by atoms with Crippen molar-refractivity contribution in [3.05, 3.63) is 24.0 Å². The lowest BCUT2D eigenvalue weighted by molar-refractivity contribution is -0.123. The minimum atomic E-state index is -0.568. The highest BCUT2D eigenvalue weighted by atomic mass is 19.1. The topological polar surface area (TPSA) is 64.3 Å². The highest BCUT2D eigenvalue weighted by Crippen LogP contribution is 2.24. The summed E-state index contributed by atoms with van der Waals surface area (Å²) in [5.74, 6) is -0.576. The number of hydrogen-bond donors (Lipinski definition) is 2. The molecule has 0 aliphatic rings. The van der Waals surface area contributed by atoms with E-state index in [0.717, 1.165) is 0 Å². The lowest BCUT2D eigenvalue weighted by Gasteiger charge is -2.10. The van der Waals surface area contributed by atoms with Crippen LogP contribution in [-0.4, -0.2) is 19.1 Å². The fourth-order valence-electron chi connectivity index (χ4n) is 1.18. The number of benzene rings is 1. The molecule has 0 atom stereocenters. The average Bonchev–Trinajstić information content (AvgIpc) is 2.25. The summed E-state index contributed by atoms with van der Waals surface area (Å²) >= 11 is 0. The maximum absolute atomic E-state index is 13.3. The van der Waals surface area contributed by atoms with Crippen LogP contribution in [0.3, 0.4) is 0 Å². The molecule has 1 aromatic carbocycles. The van der Waals surface area contributed by atoms with E-state index in [1.54, 1.807) is 0 Å². The van der Waals surface area contributed by atoms with Gasteiger partial charge in [0.2, 0.25) is 0 Å². The number of anilines is 1. The number of carbonyl (C=O) groups is 1. The minimum absolute atomic E-state index is 0.0767. The van der Waals surface area contributed by atoms with E-state index in [1.807, 2.05) is 13.8 Å². The molecule has 3 N–H and O–H groups in total. The molecule has 0 aliphatic heterocycles. The van der Waals surface area contributed by atoms with E-state index in [1.165, 1.54) is 18.2 Å². The molecule has 0 radical (unpaired) electrons. The first-order valence-electron chi connectivity index (χ1n) is 5.44. The summed E-state index contributed by atoms with van der Waals surface area (Å²) in [6.45, 7) is 4.29. The van der Waals surface area contributed by atoms with Gasteiger partial charge >= 0.3 is 0 Å².